The fraction of sp³-hybridized carbons (Fsp3) is 0.185. The zero-order valence-electron chi connectivity index (χ0n) is 20.3. The van der Waals surface area contributed by atoms with Crippen LogP contribution in [0.25, 0.3) is 0 Å². The fourth-order valence-electron chi connectivity index (χ4n) is 3.01. The molecule has 9 heteroatoms. The Labute approximate surface area is 209 Å². The number of hydrogen-bond donors (Lipinski definition) is 3. The van der Waals surface area contributed by atoms with Gasteiger partial charge in [0.15, 0.2) is 18.1 Å². The van der Waals surface area contributed by atoms with Gasteiger partial charge in [0.05, 0.1) is 12.8 Å². The zero-order valence-corrected chi connectivity index (χ0v) is 20.3. The SMILES string of the molecule is CCOc1cc(/C=N\NC(=O)C(=O)Nc2ccc(C)cc2)ccc1OCC(=O)Nc1ccc(C)cc1. The number of hydrazone groups is 1. The highest BCUT2D eigenvalue weighted by Crippen LogP contribution is 2.28. The Morgan fingerprint density at radius 2 is 1.39 bits per heavy atom. The Hall–Kier alpha value is -4.66. The van der Waals surface area contributed by atoms with Gasteiger partial charge in [0.25, 0.3) is 5.91 Å². The van der Waals surface area contributed by atoms with Crippen molar-refractivity contribution in [3.63, 3.8) is 0 Å². The summed E-state index contributed by atoms with van der Waals surface area (Å²) in [7, 11) is 0. The van der Waals surface area contributed by atoms with Crippen molar-refractivity contribution >= 4 is 35.3 Å². The lowest BCUT2D eigenvalue weighted by Crippen LogP contribution is -2.32. The molecule has 0 aliphatic rings. The van der Waals surface area contributed by atoms with E-state index in [1.54, 1.807) is 30.3 Å². The largest absolute Gasteiger partial charge is 0.490 e. The van der Waals surface area contributed by atoms with Gasteiger partial charge in [-0.3, -0.25) is 14.4 Å². The number of benzene rings is 3. The molecule has 3 rings (SSSR count). The van der Waals surface area contributed by atoms with Crippen LogP contribution in [0.3, 0.4) is 0 Å². The van der Waals surface area contributed by atoms with Crippen LogP contribution >= 0.6 is 0 Å². The first-order valence-electron chi connectivity index (χ1n) is 11.3. The Bertz CT molecular complexity index is 1240. The van der Waals surface area contributed by atoms with E-state index in [0.717, 1.165) is 11.1 Å². The van der Waals surface area contributed by atoms with Crippen LogP contribution in [-0.4, -0.2) is 37.1 Å². The third-order valence-corrected chi connectivity index (χ3v) is 4.86. The normalized spacial score (nSPS) is 10.5. The lowest BCUT2D eigenvalue weighted by atomic mass is 10.2. The molecule has 36 heavy (non-hydrogen) atoms. The molecule has 186 valence electrons. The number of carbonyl (C=O) groups is 3. The van der Waals surface area contributed by atoms with Gasteiger partial charge in [0.2, 0.25) is 0 Å². The molecule has 0 aliphatic heterocycles. The fourth-order valence-corrected chi connectivity index (χ4v) is 3.01. The second kappa shape index (κ2) is 12.7. The van der Waals surface area contributed by atoms with E-state index < -0.39 is 11.8 Å². The number of ether oxygens (including phenoxy) is 2. The molecule has 0 bridgehead atoms. The quantitative estimate of drug-likeness (QED) is 0.241. The highest BCUT2D eigenvalue weighted by molar-refractivity contribution is 6.39. The number of carbonyl (C=O) groups excluding carboxylic acids is 3. The molecule has 3 aromatic rings. The van der Waals surface area contributed by atoms with E-state index in [2.05, 4.69) is 21.2 Å². The van der Waals surface area contributed by atoms with Gasteiger partial charge in [-0.05, 0) is 68.8 Å². The van der Waals surface area contributed by atoms with Crippen molar-refractivity contribution in [2.24, 2.45) is 5.10 Å². The Balaban J connectivity index is 1.54. The van der Waals surface area contributed by atoms with E-state index >= 15 is 0 Å². The molecule has 0 atom stereocenters. The van der Waals surface area contributed by atoms with Crippen molar-refractivity contribution in [1.82, 2.24) is 5.43 Å². The molecule has 0 fully saturated rings. The predicted molar refractivity (Wildman–Crippen MR) is 138 cm³/mol. The topological polar surface area (TPSA) is 118 Å². The van der Waals surface area contributed by atoms with Gasteiger partial charge in [-0.1, -0.05) is 35.4 Å². The average Bonchev–Trinajstić information content (AvgIpc) is 2.86. The molecule has 3 N–H and O–H groups in total. The van der Waals surface area contributed by atoms with E-state index in [0.29, 0.717) is 35.0 Å². The van der Waals surface area contributed by atoms with Crippen LogP contribution in [0, 0.1) is 13.8 Å². The first-order chi connectivity index (χ1) is 17.3. The molecule has 0 aromatic heterocycles. The molecule has 0 radical (unpaired) electrons. The monoisotopic (exact) mass is 488 g/mol. The number of anilines is 2. The number of rotatable bonds is 9. The van der Waals surface area contributed by atoms with Crippen molar-refractivity contribution < 1.29 is 23.9 Å². The van der Waals surface area contributed by atoms with E-state index in [4.69, 9.17) is 9.47 Å². The third-order valence-electron chi connectivity index (χ3n) is 4.86. The Morgan fingerprint density at radius 1 is 0.778 bits per heavy atom. The summed E-state index contributed by atoms with van der Waals surface area (Å²) in [5.41, 5.74) is 6.10. The Kier molecular flexibility index (Phi) is 9.16. The van der Waals surface area contributed by atoms with Crippen molar-refractivity contribution in [2.75, 3.05) is 23.8 Å². The maximum Gasteiger partial charge on any atom is 0.329 e. The van der Waals surface area contributed by atoms with Crippen LogP contribution in [0.2, 0.25) is 0 Å². The van der Waals surface area contributed by atoms with Gasteiger partial charge in [-0.2, -0.15) is 5.10 Å². The summed E-state index contributed by atoms with van der Waals surface area (Å²) < 4.78 is 11.2. The minimum atomic E-state index is -0.906. The van der Waals surface area contributed by atoms with E-state index in [1.807, 2.05) is 57.2 Å². The standard InChI is InChI=1S/C27H28N4O5/c1-4-35-24-15-20(16-28-31-27(34)26(33)30-22-12-7-19(3)8-13-22)9-14-23(24)36-17-25(32)29-21-10-5-18(2)6-11-21/h5-16H,4,17H2,1-3H3,(H,29,32)(H,30,33)(H,31,34)/b28-16-. The summed E-state index contributed by atoms with van der Waals surface area (Å²) in [6.45, 7) is 5.89. The smallest absolute Gasteiger partial charge is 0.329 e. The third kappa shape index (κ3) is 7.98. The molecule has 3 amide bonds. The number of hydrogen-bond acceptors (Lipinski definition) is 6. The highest BCUT2D eigenvalue weighted by atomic mass is 16.5. The minimum Gasteiger partial charge on any atom is -0.490 e. The van der Waals surface area contributed by atoms with Gasteiger partial charge in [-0.15, -0.1) is 0 Å². The van der Waals surface area contributed by atoms with E-state index in [1.165, 1.54) is 6.21 Å². The van der Waals surface area contributed by atoms with Gasteiger partial charge >= 0.3 is 11.8 Å². The molecule has 0 heterocycles. The lowest BCUT2D eigenvalue weighted by molar-refractivity contribution is -0.136. The summed E-state index contributed by atoms with van der Waals surface area (Å²) >= 11 is 0. The van der Waals surface area contributed by atoms with Crippen LogP contribution in [0.5, 0.6) is 11.5 Å². The highest BCUT2D eigenvalue weighted by Gasteiger charge is 2.13. The molecule has 3 aromatic carbocycles. The Morgan fingerprint density at radius 3 is 2.00 bits per heavy atom. The number of aryl methyl sites for hydroxylation is 2. The molecule has 0 unspecified atom stereocenters. The average molecular weight is 489 g/mol. The molecule has 0 aliphatic carbocycles. The second-order valence-electron chi connectivity index (χ2n) is 7.86. The molecular formula is C27H28N4O5. The first-order valence-corrected chi connectivity index (χ1v) is 11.3. The number of nitrogens with zero attached hydrogens (tertiary/aromatic N) is 1. The van der Waals surface area contributed by atoms with Crippen molar-refractivity contribution in [3.05, 3.63) is 83.4 Å². The number of nitrogens with one attached hydrogen (secondary N) is 3. The van der Waals surface area contributed by atoms with Gasteiger partial charge in [0.1, 0.15) is 0 Å². The summed E-state index contributed by atoms with van der Waals surface area (Å²) in [5.74, 6) is -1.25. The van der Waals surface area contributed by atoms with Gasteiger partial charge in [-0.25, -0.2) is 5.43 Å². The van der Waals surface area contributed by atoms with Gasteiger partial charge < -0.3 is 20.1 Å². The zero-order chi connectivity index (χ0) is 25.9. The molecule has 0 saturated carbocycles. The minimum absolute atomic E-state index is 0.201. The van der Waals surface area contributed by atoms with E-state index in [-0.39, 0.29) is 12.5 Å². The summed E-state index contributed by atoms with van der Waals surface area (Å²) in [6.07, 6.45) is 1.37. The van der Waals surface area contributed by atoms with Crippen molar-refractivity contribution in [2.45, 2.75) is 20.8 Å². The summed E-state index contributed by atoms with van der Waals surface area (Å²) in [4.78, 5) is 36.2. The van der Waals surface area contributed by atoms with Crippen LogP contribution in [-0.2, 0) is 14.4 Å². The van der Waals surface area contributed by atoms with Gasteiger partial charge in [0, 0.05) is 11.4 Å². The molecule has 0 saturated heterocycles. The second-order valence-corrected chi connectivity index (χ2v) is 7.86. The van der Waals surface area contributed by atoms with Crippen LogP contribution in [0.4, 0.5) is 11.4 Å². The van der Waals surface area contributed by atoms with Crippen LogP contribution in [0.1, 0.15) is 23.6 Å². The maximum absolute atomic E-state index is 12.2. The lowest BCUT2D eigenvalue weighted by Gasteiger charge is -2.12. The maximum atomic E-state index is 12.2. The first kappa shape index (κ1) is 26.0. The molecule has 0 spiro atoms. The summed E-state index contributed by atoms with van der Waals surface area (Å²) in [6, 6.07) is 19.5. The van der Waals surface area contributed by atoms with Crippen LogP contribution < -0.4 is 25.5 Å². The summed E-state index contributed by atoms with van der Waals surface area (Å²) in [5, 5.41) is 9.10. The predicted octanol–water partition coefficient (Wildman–Crippen LogP) is 3.81. The van der Waals surface area contributed by atoms with E-state index in [9.17, 15) is 14.4 Å². The number of amides is 3. The van der Waals surface area contributed by atoms with Crippen molar-refractivity contribution in [3.8, 4) is 11.5 Å². The van der Waals surface area contributed by atoms with Crippen LogP contribution in [0.15, 0.2) is 71.8 Å². The van der Waals surface area contributed by atoms with Crippen molar-refractivity contribution in [1.29, 1.82) is 0 Å². The molecule has 9 nitrogen and oxygen atoms in total. The molecular weight excluding hydrogens is 460 g/mol.